The fourth-order valence-corrected chi connectivity index (χ4v) is 2.84. The van der Waals surface area contributed by atoms with Gasteiger partial charge in [-0.2, -0.15) is 0 Å². The Kier molecular flexibility index (Phi) is 4.02. The summed E-state index contributed by atoms with van der Waals surface area (Å²) in [5, 5.41) is 0. The van der Waals surface area contributed by atoms with Crippen LogP contribution in [0.25, 0.3) is 0 Å². The summed E-state index contributed by atoms with van der Waals surface area (Å²) in [6.45, 7) is 7.30. The van der Waals surface area contributed by atoms with E-state index in [4.69, 9.17) is 9.47 Å². The molecule has 1 aromatic carbocycles. The van der Waals surface area contributed by atoms with Gasteiger partial charge < -0.3 is 14.4 Å². The van der Waals surface area contributed by atoms with Crippen LogP contribution >= 0.6 is 15.9 Å². The minimum Gasteiger partial charge on any atom is -0.475 e. The summed E-state index contributed by atoms with van der Waals surface area (Å²) in [5.41, 5.74) is -0.0129. The van der Waals surface area contributed by atoms with Crippen molar-refractivity contribution in [1.29, 1.82) is 0 Å². The van der Waals surface area contributed by atoms with Crippen molar-refractivity contribution in [3.8, 4) is 5.75 Å². The van der Waals surface area contributed by atoms with Crippen LogP contribution < -0.4 is 9.64 Å². The highest BCUT2D eigenvalue weighted by molar-refractivity contribution is 9.10. The van der Waals surface area contributed by atoms with Crippen LogP contribution in [0.2, 0.25) is 0 Å². The molecule has 0 unspecified atom stereocenters. The van der Waals surface area contributed by atoms with Crippen molar-refractivity contribution in [2.75, 3.05) is 12.0 Å². The molecule has 2 rings (SSSR count). The Morgan fingerprint density at radius 1 is 1.38 bits per heavy atom. The van der Waals surface area contributed by atoms with E-state index in [2.05, 4.69) is 15.9 Å². The number of esters is 1. The van der Waals surface area contributed by atoms with Crippen molar-refractivity contribution in [3.05, 3.63) is 22.2 Å². The summed E-state index contributed by atoms with van der Waals surface area (Å²) in [6, 6.07) is 3.20. The molecule has 1 amide bonds. The van der Waals surface area contributed by atoms with Crippen LogP contribution in [0.15, 0.2) is 16.6 Å². The lowest BCUT2D eigenvalue weighted by Gasteiger charge is -2.41. The van der Waals surface area contributed by atoms with Gasteiger partial charge in [0.2, 0.25) is 0 Å². The number of fused-ring (bicyclic) bond motifs is 1. The molecule has 0 radical (unpaired) electrons. The van der Waals surface area contributed by atoms with E-state index < -0.39 is 11.6 Å². The maximum atomic E-state index is 12.6. The number of ether oxygens (including phenoxy) is 2. The third-order valence-corrected chi connectivity index (χ3v) is 3.90. The van der Waals surface area contributed by atoms with Crippen molar-refractivity contribution < 1.29 is 19.1 Å². The molecule has 0 spiro atoms. The number of nitrogens with zero attached hydrogens (tertiary/aromatic N) is 1. The van der Waals surface area contributed by atoms with E-state index in [9.17, 15) is 9.59 Å². The lowest BCUT2D eigenvalue weighted by Crippen LogP contribution is -2.55. The second-order valence-corrected chi connectivity index (χ2v) is 6.53. The smallest absolute Gasteiger partial charge is 0.337 e. The SMILES string of the molecule is COC(=O)c1cc(Br)c2c(c1)N(C(C)C)C(=O)C(C)(C)O2. The monoisotopic (exact) mass is 355 g/mol. The molecule has 1 aliphatic rings. The molecule has 21 heavy (non-hydrogen) atoms. The topological polar surface area (TPSA) is 55.8 Å². The van der Waals surface area contributed by atoms with Crippen molar-refractivity contribution in [1.82, 2.24) is 0 Å². The van der Waals surface area contributed by atoms with E-state index in [1.54, 1.807) is 30.9 Å². The van der Waals surface area contributed by atoms with Gasteiger partial charge >= 0.3 is 5.97 Å². The van der Waals surface area contributed by atoms with Crippen LogP contribution in [-0.2, 0) is 9.53 Å². The van der Waals surface area contributed by atoms with Gasteiger partial charge in [-0.05, 0) is 55.8 Å². The third-order valence-electron chi connectivity index (χ3n) is 3.31. The number of carbonyl (C=O) groups excluding carboxylic acids is 2. The zero-order valence-electron chi connectivity index (χ0n) is 12.7. The van der Waals surface area contributed by atoms with E-state index in [0.29, 0.717) is 21.5 Å². The molecule has 0 aromatic heterocycles. The summed E-state index contributed by atoms with van der Waals surface area (Å²) in [4.78, 5) is 26.0. The highest BCUT2D eigenvalue weighted by Crippen LogP contribution is 2.44. The van der Waals surface area contributed by atoms with Crippen LogP contribution in [0.1, 0.15) is 38.1 Å². The first kappa shape index (κ1) is 15.8. The predicted molar refractivity (Wildman–Crippen MR) is 82.8 cm³/mol. The van der Waals surface area contributed by atoms with Gasteiger partial charge in [0.05, 0.1) is 22.8 Å². The van der Waals surface area contributed by atoms with E-state index >= 15 is 0 Å². The second kappa shape index (κ2) is 5.33. The Morgan fingerprint density at radius 3 is 2.52 bits per heavy atom. The summed E-state index contributed by atoms with van der Waals surface area (Å²) >= 11 is 3.41. The molecule has 0 bridgehead atoms. The average Bonchev–Trinajstić information content (AvgIpc) is 2.39. The fourth-order valence-electron chi connectivity index (χ4n) is 2.31. The number of methoxy groups -OCH3 is 1. The molecular formula is C15H18BrNO4. The summed E-state index contributed by atoms with van der Waals surface area (Å²) < 4.78 is 11.2. The van der Waals surface area contributed by atoms with Crippen molar-refractivity contribution >= 4 is 33.5 Å². The first-order chi connectivity index (χ1) is 9.69. The van der Waals surface area contributed by atoms with Crippen molar-refractivity contribution in [2.45, 2.75) is 39.3 Å². The second-order valence-electron chi connectivity index (χ2n) is 5.68. The lowest BCUT2D eigenvalue weighted by molar-refractivity contribution is -0.133. The van der Waals surface area contributed by atoms with Gasteiger partial charge in [-0.3, -0.25) is 4.79 Å². The quantitative estimate of drug-likeness (QED) is 0.764. The van der Waals surface area contributed by atoms with E-state index in [-0.39, 0.29) is 11.9 Å². The molecule has 5 nitrogen and oxygen atoms in total. The number of carbonyl (C=O) groups is 2. The van der Waals surface area contributed by atoms with Gasteiger partial charge in [-0.25, -0.2) is 4.79 Å². The predicted octanol–water partition coefficient (Wildman–Crippen LogP) is 3.15. The standard InChI is InChI=1S/C15H18BrNO4/c1-8(2)17-11-7-9(13(18)20-5)6-10(16)12(11)21-15(3,4)14(17)19/h6-8H,1-5H3. The average molecular weight is 356 g/mol. The maximum Gasteiger partial charge on any atom is 0.337 e. The first-order valence-corrected chi connectivity index (χ1v) is 7.43. The number of rotatable bonds is 2. The van der Waals surface area contributed by atoms with Gasteiger partial charge in [-0.1, -0.05) is 0 Å². The maximum absolute atomic E-state index is 12.6. The van der Waals surface area contributed by atoms with Gasteiger partial charge in [0.25, 0.3) is 5.91 Å². The number of anilines is 1. The molecular weight excluding hydrogens is 338 g/mol. The summed E-state index contributed by atoms with van der Waals surface area (Å²) in [7, 11) is 1.32. The van der Waals surface area contributed by atoms with E-state index in [1.165, 1.54) is 7.11 Å². The highest BCUT2D eigenvalue weighted by Gasteiger charge is 2.43. The first-order valence-electron chi connectivity index (χ1n) is 6.63. The Hall–Kier alpha value is -1.56. The van der Waals surface area contributed by atoms with Crippen LogP contribution in [0, 0.1) is 0 Å². The molecule has 0 aliphatic carbocycles. The van der Waals surface area contributed by atoms with Gasteiger partial charge in [0.1, 0.15) is 0 Å². The highest BCUT2D eigenvalue weighted by atomic mass is 79.9. The minimum absolute atomic E-state index is 0.0563. The molecule has 1 heterocycles. The Morgan fingerprint density at radius 2 is 2.00 bits per heavy atom. The van der Waals surface area contributed by atoms with Gasteiger partial charge in [-0.15, -0.1) is 0 Å². The Labute approximate surface area is 132 Å². The Bertz CT molecular complexity index is 610. The molecule has 1 aliphatic heterocycles. The fraction of sp³-hybridized carbons (Fsp3) is 0.467. The largest absolute Gasteiger partial charge is 0.475 e. The molecule has 0 saturated carbocycles. The molecule has 0 saturated heterocycles. The number of hydrogen-bond acceptors (Lipinski definition) is 4. The van der Waals surface area contributed by atoms with E-state index in [1.807, 2.05) is 13.8 Å². The molecule has 0 N–H and O–H groups in total. The molecule has 6 heteroatoms. The minimum atomic E-state index is -0.952. The number of amides is 1. The number of hydrogen-bond donors (Lipinski definition) is 0. The van der Waals surface area contributed by atoms with Crippen LogP contribution in [0.5, 0.6) is 5.75 Å². The van der Waals surface area contributed by atoms with Gasteiger partial charge in [0, 0.05) is 6.04 Å². The number of benzene rings is 1. The van der Waals surface area contributed by atoms with Crippen LogP contribution in [0.4, 0.5) is 5.69 Å². The zero-order valence-corrected chi connectivity index (χ0v) is 14.3. The lowest BCUT2D eigenvalue weighted by atomic mass is 10.0. The molecule has 1 aromatic rings. The molecule has 0 fully saturated rings. The van der Waals surface area contributed by atoms with Crippen LogP contribution in [0.3, 0.4) is 0 Å². The Balaban J connectivity index is 2.67. The molecule has 114 valence electrons. The van der Waals surface area contributed by atoms with Gasteiger partial charge in [0.15, 0.2) is 11.4 Å². The summed E-state index contributed by atoms with van der Waals surface area (Å²) in [5.74, 6) is -0.0423. The normalized spacial score (nSPS) is 16.5. The molecule has 0 atom stereocenters. The van der Waals surface area contributed by atoms with Crippen molar-refractivity contribution in [3.63, 3.8) is 0 Å². The number of halogens is 1. The van der Waals surface area contributed by atoms with Crippen LogP contribution in [-0.4, -0.2) is 30.6 Å². The van der Waals surface area contributed by atoms with Crippen molar-refractivity contribution in [2.24, 2.45) is 0 Å². The zero-order chi connectivity index (χ0) is 15.9. The third kappa shape index (κ3) is 2.64. The van der Waals surface area contributed by atoms with E-state index in [0.717, 1.165) is 0 Å². The summed E-state index contributed by atoms with van der Waals surface area (Å²) in [6.07, 6.45) is 0.